The van der Waals surface area contributed by atoms with Gasteiger partial charge in [-0.3, -0.25) is 28.9 Å². The van der Waals surface area contributed by atoms with Gasteiger partial charge in [-0.25, -0.2) is 18.6 Å². The van der Waals surface area contributed by atoms with E-state index in [4.69, 9.17) is 20.6 Å². The van der Waals surface area contributed by atoms with E-state index in [1.165, 1.54) is 4.90 Å². The Morgan fingerprint density at radius 2 is 1.57 bits per heavy atom. The van der Waals surface area contributed by atoms with E-state index in [0.29, 0.717) is 5.82 Å². The van der Waals surface area contributed by atoms with Gasteiger partial charge in [0, 0.05) is 63.1 Å². The van der Waals surface area contributed by atoms with Crippen LogP contribution in [0.25, 0.3) is 11.3 Å². The number of benzene rings is 2. The summed E-state index contributed by atoms with van der Waals surface area (Å²) in [7, 11) is 0. The molecule has 0 saturated heterocycles. The van der Waals surface area contributed by atoms with E-state index in [1.54, 1.807) is 10.8 Å². The number of hydrogen-bond donors (Lipinski definition) is 5. The van der Waals surface area contributed by atoms with Crippen molar-refractivity contribution >= 4 is 35.5 Å². The third kappa shape index (κ3) is 13.3. The maximum absolute atomic E-state index is 14.9. The number of alkyl halides is 3. The van der Waals surface area contributed by atoms with Crippen LogP contribution in [0.3, 0.4) is 0 Å². The maximum atomic E-state index is 14.9. The van der Waals surface area contributed by atoms with Crippen LogP contribution in [0.1, 0.15) is 51.0 Å². The van der Waals surface area contributed by atoms with Crippen LogP contribution in [-0.4, -0.2) is 110 Å². The fourth-order valence-corrected chi connectivity index (χ4v) is 5.75. The molecule has 0 unspecified atom stereocenters. The average Bonchev–Trinajstić information content (AvgIpc) is 3.70. The molecular weight excluding hydrogens is 777 g/mol. The smallest absolute Gasteiger partial charge is 0.475 e. The Balaban J connectivity index is 0.00000117. The summed E-state index contributed by atoms with van der Waals surface area (Å²) in [6, 6.07) is 10.5. The Kier molecular flexibility index (Phi) is 16.3. The number of nitrogens with one attached hydrogen (secondary N) is 2. The molecule has 20 heteroatoms. The lowest BCUT2D eigenvalue weighted by atomic mass is 9.84. The third-order valence-electron chi connectivity index (χ3n) is 8.51. The molecule has 2 atom stereocenters. The Morgan fingerprint density at radius 3 is 2.14 bits per heavy atom. The van der Waals surface area contributed by atoms with Gasteiger partial charge in [0.2, 0.25) is 17.7 Å². The van der Waals surface area contributed by atoms with Crippen LogP contribution >= 0.6 is 0 Å². The molecule has 0 saturated carbocycles. The molecule has 3 aromatic rings. The van der Waals surface area contributed by atoms with E-state index in [-0.39, 0.29) is 56.8 Å². The predicted octanol–water partition coefficient (Wildman–Crippen LogP) is 2.68. The van der Waals surface area contributed by atoms with Gasteiger partial charge >= 0.3 is 12.1 Å². The summed E-state index contributed by atoms with van der Waals surface area (Å²) in [6.45, 7) is 5.01. The minimum absolute atomic E-state index is 0.0156. The number of aliphatic carboxylic acids is 1. The Morgan fingerprint density at radius 1 is 0.948 bits per heavy atom. The van der Waals surface area contributed by atoms with Gasteiger partial charge in [-0.2, -0.15) is 13.2 Å². The van der Waals surface area contributed by atoms with Crippen LogP contribution in [0.2, 0.25) is 0 Å². The summed E-state index contributed by atoms with van der Waals surface area (Å²) in [5.41, 5.74) is 6.47. The number of aliphatic hydroxyl groups is 1. The fraction of sp³-hybridized carbons (Fsp3) is 0.395. The number of rotatable bonds is 16. The lowest BCUT2D eigenvalue weighted by Gasteiger charge is -2.40. The van der Waals surface area contributed by atoms with Crippen molar-refractivity contribution in [3.63, 3.8) is 0 Å². The Labute approximate surface area is 329 Å². The largest absolute Gasteiger partial charge is 0.490 e. The van der Waals surface area contributed by atoms with Crippen molar-refractivity contribution in [2.75, 3.05) is 32.8 Å². The van der Waals surface area contributed by atoms with E-state index in [9.17, 15) is 51.0 Å². The highest BCUT2D eigenvalue weighted by molar-refractivity contribution is 6.12. The second-order valence-corrected chi connectivity index (χ2v) is 14.0. The normalized spacial score (nSPS) is 13.7. The van der Waals surface area contributed by atoms with E-state index in [0.717, 1.165) is 40.8 Å². The SMILES string of the molecule is CC(C)(C)[C@H](c1nc(-c2cc(F)ccc2F)cn1Cc1ccccc1)N(CC[C@H](N)C(=O)NCCC(=O)NCCN1C(=O)C=CC1=O)C(=O)CO.O=C(O)C(F)(F)F. The first kappa shape index (κ1) is 46.4. The molecule has 0 spiro atoms. The standard InChI is InChI=1S/C36H43F2N7O6.C2HF3O2/c1-36(2,3)33(34-42-28(25-19-24(37)9-10-26(25)38)21-43(34)20-23-7-5-4-6-8-23)45(32(50)22-46)17-14-27(39)35(51)41-15-13-29(47)40-16-18-44-30(48)11-12-31(44)49;3-2(4,5)1(6)7/h4-12,19,21,27,33,46H,13-18,20,22,39H2,1-3H3,(H,40,47)(H,41,51);(H,6,7)/t27-,33-;/m0./s1. The molecule has 2 heterocycles. The number of aromatic nitrogens is 2. The number of amides is 5. The predicted molar refractivity (Wildman–Crippen MR) is 197 cm³/mol. The van der Waals surface area contributed by atoms with Gasteiger partial charge in [-0.15, -0.1) is 0 Å². The first-order valence-electron chi connectivity index (χ1n) is 17.7. The van der Waals surface area contributed by atoms with Gasteiger partial charge in [0.15, 0.2) is 0 Å². The van der Waals surface area contributed by atoms with Crippen molar-refractivity contribution in [1.29, 1.82) is 0 Å². The summed E-state index contributed by atoms with van der Waals surface area (Å²) in [5.74, 6) is -6.26. The molecule has 0 bridgehead atoms. The monoisotopic (exact) mass is 821 g/mol. The first-order chi connectivity index (χ1) is 27.1. The van der Waals surface area contributed by atoms with Crippen LogP contribution in [0.4, 0.5) is 22.0 Å². The van der Waals surface area contributed by atoms with E-state index in [1.807, 2.05) is 51.1 Å². The van der Waals surface area contributed by atoms with Gasteiger partial charge in [-0.1, -0.05) is 51.1 Å². The number of aliphatic hydroxyl groups excluding tert-OH is 1. The number of carbonyl (C=O) groups excluding carboxylic acids is 5. The second kappa shape index (κ2) is 20.4. The Hall–Kier alpha value is -6.02. The average molecular weight is 822 g/mol. The van der Waals surface area contributed by atoms with E-state index in [2.05, 4.69) is 10.6 Å². The van der Waals surface area contributed by atoms with Gasteiger partial charge < -0.3 is 36.0 Å². The molecule has 1 aliphatic heterocycles. The van der Waals surface area contributed by atoms with Crippen LogP contribution < -0.4 is 16.4 Å². The van der Waals surface area contributed by atoms with Gasteiger partial charge in [0.05, 0.1) is 17.8 Å². The van der Waals surface area contributed by atoms with Crippen molar-refractivity contribution in [2.45, 2.75) is 58.4 Å². The summed E-state index contributed by atoms with van der Waals surface area (Å²) in [5, 5.41) is 22.3. The molecule has 58 heavy (non-hydrogen) atoms. The number of carbonyl (C=O) groups is 6. The fourth-order valence-electron chi connectivity index (χ4n) is 5.75. The van der Waals surface area contributed by atoms with E-state index >= 15 is 0 Å². The summed E-state index contributed by atoms with van der Waals surface area (Å²) < 4.78 is 62.7. The number of hydrogen-bond acceptors (Lipinski definition) is 9. The zero-order valence-electron chi connectivity index (χ0n) is 31.8. The van der Waals surface area contributed by atoms with Crippen LogP contribution in [0.5, 0.6) is 0 Å². The first-order valence-corrected chi connectivity index (χ1v) is 17.7. The zero-order chi connectivity index (χ0) is 43.4. The summed E-state index contributed by atoms with van der Waals surface area (Å²) in [4.78, 5) is 77.7. The molecule has 6 N–H and O–H groups in total. The lowest BCUT2D eigenvalue weighted by Crippen LogP contribution is -2.48. The minimum atomic E-state index is -5.08. The summed E-state index contributed by atoms with van der Waals surface area (Å²) >= 11 is 0. The minimum Gasteiger partial charge on any atom is -0.475 e. The molecule has 4 rings (SSSR count). The molecule has 5 amide bonds. The van der Waals surface area contributed by atoms with Crippen LogP contribution in [-0.2, 0) is 35.3 Å². The molecular formula is C38H44F5N7O8. The third-order valence-corrected chi connectivity index (χ3v) is 8.51. The molecule has 0 fully saturated rings. The van der Waals surface area contributed by atoms with Gasteiger partial charge in [-0.05, 0) is 35.6 Å². The molecule has 0 aliphatic carbocycles. The van der Waals surface area contributed by atoms with Crippen molar-refractivity contribution in [2.24, 2.45) is 11.1 Å². The molecule has 1 aliphatic rings. The topological polar surface area (TPSA) is 217 Å². The number of imide groups is 1. The van der Waals surface area contributed by atoms with Crippen molar-refractivity contribution in [1.82, 2.24) is 30.0 Å². The highest BCUT2D eigenvalue weighted by Gasteiger charge is 2.39. The molecule has 0 radical (unpaired) electrons. The van der Waals surface area contributed by atoms with Crippen LogP contribution in [0, 0.1) is 17.0 Å². The van der Waals surface area contributed by atoms with Crippen LogP contribution in [0.15, 0.2) is 66.9 Å². The van der Waals surface area contributed by atoms with Crippen molar-refractivity contribution in [3.05, 3.63) is 89.9 Å². The van der Waals surface area contributed by atoms with Gasteiger partial charge in [0.25, 0.3) is 11.8 Å². The molecule has 15 nitrogen and oxygen atoms in total. The van der Waals surface area contributed by atoms with Crippen molar-refractivity contribution in [3.8, 4) is 11.3 Å². The lowest BCUT2D eigenvalue weighted by molar-refractivity contribution is -0.192. The quantitative estimate of drug-likeness (QED) is 0.105. The number of halogens is 5. The number of carboxylic acids is 1. The summed E-state index contributed by atoms with van der Waals surface area (Å²) in [6.07, 6.45) is -1.29. The second-order valence-electron chi connectivity index (χ2n) is 14.0. The maximum Gasteiger partial charge on any atom is 0.490 e. The molecule has 1 aromatic heterocycles. The Bertz CT molecular complexity index is 1960. The number of carboxylic acid groups (broad SMARTS) is 1. The van der Waals surface area contributed by atoms with E-state index < -0.39 is 77.4 Å². The number of nitrogens with two attached hydrogens (primary N) is 1. The molecule has 314 valence electrons. The highest BCUT2D eigenvalue weighted by Crippen LogP contribution is 2.39. The molecule has 2 aromatic carbocycles. The zero-order valence-corrected chi connectivity index (χ0v) is 31.8. The highest BCUT2D eigenvalue weighted by atomic mass is 19.4. The van der Waals surface area contributed by atoms with Gasteiger partial charge in [0.1, 0.15) is 24.1 Å². The van der Waals surface area contributed by atoms with Crippen molar-refractivity contribution < 1.29 is 60.9 Å². The number of nitrogens with zero attached hydrogens (tertiary/aromatic N) is 4. The number of imidazole rings is 1.